The van der Waals surface area contributed by atoms with Crippen molar-refractivity contribution >= 4 is 43.5 Å². The molecule has 0 aliphatic heterocycles. The molecule has 8 nitrogen and oxygen atoms in total. The zero-order valence-corrected chi connectivity index (χ0v) is 23.5. The summed E-state index contributed by atoms with van der Waals surface area (Å²) in [5, 5.41) is 2.57. The van der Waals surface area contributed by atoms with Crippen LogP contribution in [0.5, 0.6) is 5.75 Å². The minimum atomic E-state index is -4.17. The average Bonchev–Trinajstić information content (AvgIpc) is 2.89. The number of ether oxygens (including phenoxy) is 1. The Morgan fingerprint density at radius 2 is 1.70 bits per heavy atom. The zero-order chi connectivity index (χ0) is 27.2. The van der Waals surface area contributed by atoms with Gasteiger partial charge in [-0.1, -0.05) is 57.9 Å². The summed E-state index contributed by atoms with van der Waals surface area (Å²) in [6.07, 6.45) is 0. The van der Waals surface area contributed by atoms with E-state index in [1.165, 1.54) is 31.2 Å². The van der Waals surface area contributed by atoms with Crippen molar-refractivity contribution in [1.29, 1.82) is 0 Å². The van der Waals surface area contributed by atoms with Gasteiger partial charge in [-0.25, -0.2) is 8.42 Å². The molecule has 0 aromatic heterocycles. The molecule has 0 spiro atoms. The molecule has 1 N–H and O–H groups in total. The molecule has 0 bridgehead atoms. The normalized spacial score (nSPS) is 11.9. The SMILES string of the molecule is CNC(=O)[C@@H](C)N(Cc1cccc(Br)c1)C(=O)CN(c1ccccc1OC)S(=O)(=O)c1ccc(C)cc1. The van der Waals surface area contributed by atoms with Crippen LogP contribution in [-0.2, 0) is 26.2 Å². The van der Waals surface area contributed by atoms with Crippen LogP contribution in [-0.4, -0.2) is 51.9 Å². The molecule has 0 aliphatic rings. The second kappa shape index (κ2) is 12.2. The number of amides is 2. The topological polar surface area (TPSA) is 96.0 Å². The van der Waals surface area contributed by atoms with Crippen molar-refractivity contribution in [3.8, 4) is 5.75 Å². The summed E-state index contributed by atoms with van der Waals surface area (Å²) >= 11 is 3.43. The Kier molecular flexibility index (Phi) is 9.34. The first-order valence-electron chi connectivity index (χ1n) is 11.6. The van der Waals surface area contributed by atoms with Gasteiger partial charge in [-0.15, -0.1) is 0 Å². The predicted octanol–water partition coefficient (Wildman–Crippen LogP) is 4.12. The van der Waals surface area contributed by atoms with Crippen LogP contribution in [0.25, 0.3) is 0 Å². The maximum atomic E-state index is 13.8. The van der Waals surface area contributed by atoms with Crippen molar-refractivity contribution in [3.05, 3.63) is 88.4 Å². The summed E-state index contributed by atoms with van der Waals surface area (Å²) in [4.78, 5) is 27.8. The fourth-order valence-corrected chi connectivity index (χ4v) is 5.68. The second-order valence-electron chi connectivity index (χ2n) is 8.44. The van der Waals surface area contributed by atoms with Crippen molar-refractivity contribution in [3.63, 3.8) is 0 Å². The molecule has 3 aromatic carbocycles. The van der Waals surface area contributed by atoms with Crippen molar-refractivity contribution in [1.82, 2.24) is 10.2 Å². The fraction of sp³-hybridized carbons (Fsp3) is 0.259. The third-order valence-electron chi connectivity index (χ3n) is 5.90. The summed E-state index contributed by atoms with van der Waals surface area (Å²) in [6, 6.07) is 19.5. The number of rotatable bonds is 10. The lowest BCUT2D eigenvalue weighted by Gasteiger charge is -2.32. The van der Waals surface area contributed by atoms with Crippen LogP contribution in [0.15, 0.2) is 82.2 Å². The number of likely N-dealkylation sites (N-methyl/N-ethyl adjacent to an activating group) is 1. The molecule has 0 unspecified atom stereocenters. The number of benzene rings is 3. The van der Waals surface area contributed by atoms with Gasteiger partial charge in [0.1, 0.15) is 18.3 Å². The van der Waals surface area contributed by atoms with Crippen LogP contribution in [0.4, 0.5) is 5.69 Å². The van der Waals surface area contributed by atoms with Crippen LogP contribution in [0.1, 0.15) is 18.1 Å². The van der Waals surface area contributed by atoms with Crippen molar-refractivity contribution in [2.24, 2.45) is 0 Å². The number of carbonyl (C=O) groups excluding carboxylic acids is 2. The van der Waals surface area contributed by atoms with Gasteiger partial charge < -0.3 is 15.0 Å². The van der Waals surface area contributed by atoms with Gasteiger partial charge in [0.2, 0.25) is 11.8 Å². The first-order valence-corrected chi connectivity index (χ1v) is 13.8. The van der Waals surface area contributed by atoms with Gasteiger partial charge in [0.25, 0.3) is 10.0 Å². The maximum absolute atomic E-state index is 13.8. The van der Waals surface area contributed by atoms with Crippen molar-refractivity contribution < 1.29 is 22.7 Å². The van der Waals surface area contributed by atoms with Crippen LogP contribution >= 0.6 is 15.9 Å². The second-order valence-corrected chi connectivity index (χ2v) is 11.2. The van der Waals surface area contributed by atoms with Gasteiger partial charge in [0.05, 0.1) is 17.7 Å². The number of nitrogens with one attached hydrogen (secondary N) is 1. The van der Waals surface area contributed by atoms with E-state index in [1.54, 1.807) is 43.3 Å². The van der Waals surface area contributed by atoms with Gasteiger partial charge in [-0.2, -0.15) is 0 Å². The van der Waals surface area contributed by atoms with E-state index in [1.807, 2.05) is 31.2 Å². The number of carbonyl (C=O) groups is 2. The molecule has 196 valence electrons. The third-order valence-corrected chi connectivity index (χ3v) is 8.16. The van der Waals surface area contributed by atoms with E-state index in [4.69, 9.17) is 4.74 Å². The number of hydrogen-bond acceptors (Lipinski definition) is 5. The molecular weight excluding hydrogens is 558 g/mol. The van der Waals surface area contributed by atoms with Crippen LogP contribution < -0.4 is 14.4 Å². The monoisotopic (exact) mass is 587 g/mol. The number of sulfonamides is 1. The molecule has 0 heterocycles. The minimum absolute atomic E-state index is 0.0368. The Bertz CT molecular complexity index is 1360. The first-order chi connectivity index (χ1) is 17.6. The van der Waals surface area contributed by atoms with Crippen molar-refractivity contribution in [2.45, 2.75) is 31.3 Å². The van der Waals surface area contributed by atoms with Gasteiger partial charge in [-0.05, 0) is 55.8 Å². The molecule has 3 aromatic rings. The number of para-hydroxylation sites is 2. The molecule has 1 atom stereocenters. The van der Waals surface area contributed by atoms with E-state index >= 15 is 0 Å². The van der Waals surface area contributed by atoms with E-state index < -0.39 is 28.5 Å². The maximum Gasteiger partial charge on any atom is 0.264 e. The number of nitrogens with zero attached hydrogens (tertiary/aromatic N) is 2. The lowest BCUT2D eigenvalue weighted by Crippen LogP contribution is -2.50. The van der Waals surface area contributed by atoms with E-state index in [2.05, 4.69) is 21.2 Å². The molecule has 0 saturated carbocycles. The predicted molar refractivity (Wildman–Crippen MR) is 147 cm³/mol. The highest BCUT2D eigenvalue weighted by molar-refractivity contribution is 9.10. The summed E-state index contributed by atoms with van der Waals surface area (Å²) in [6.45, 7) is 3.04. The Hall–Kier alpha value is -3.37. The van der Waals surface area contributed by atoms with E-state index in [0.717, 1.165) is 19.9 Å². The fourth-order valence-electron chi connectivity index (χ4n) is 3.81. The van der Waals surface area contributed by atoms with Crippen molar-refractivity contribution in [2.75, 3.05) is 25.0 Å². The van der Waals surface area contributed by atoms with Gasteiger partial charge in [0.15, 0.2) is 0 Å². The molecule has 0 aliphatic carbocycles. The van der Waals surface area contributed by atoms with Gasteiger partial charge in [0, 0.05) is 18.1 Å². The standard InChI is InChI=1S/C27H30BrN3O5S/c1-19-12-14-23(15-13-19)37(34,35)31(24-10-5-6-11-25(24)36-4)18-26(32)30(20(2)27(33)29-3)17-21-8-7-9-22(28)16-21/h5-16,20H,17-18H2,1-4H3,(H,29,33)/t20-/m1/s1. The Labute approximate surface area is 226 Å². The van der Waals surface area contributed by atoms with E-state index in [9.17, 15) is 18.0 Å². The van der Waals surface area contributed by atoms with Crippen LogP contribution in [0, 0.1) is 6.92 Å². The Balaban J connectivity index is 2.07. The molecule has 37 heavy (non-hydrogen) atoms. The average molecular weight is 589 g/mol. The highest BCUT2D eigenvalue weighted by Gasteiger charge is 2.33. The molecule has 3 rings (SSSR count). The highest BCUT2D eigenvalue weighted by atomic mass is 79.9. The number of aryl methyl sites for hydroxylation is 1. The molecule has 0 fully saturated rings. The van der Waals surface area contributed by atoms with E-state index in [0.29, 0.717) is 5.75 Å². The first kappa shape index (κ1) is 28.2. The highest BCUT2D eigenvalue weighted by Crippen LogP contribution is 2.32. The van der Waals surface area contributed by atoms with E-state index in [-0.39, 0.29) is 23.0 Å². The summed E-state index contributed by atoms with van der Waals surface area (Å²) in [5.41, 5.74) is 1.90. The Morgan fingerprint density at radius 1 is 1.03 bits per heavy atom. The number of methoxy groups -OCH3 is 1. The minimum Gasteiger partial charge on any atom is -0.495 e. The number of halogens is 1. The smallest absolute Gasteiger partial charge is 0.264 e. The number of anilines is 1. The lowest BCUT2D eigenvalue weighted by atomic mass is 10.1. The summed E-state index contributed by atoms with van der Waals surface area (Å²) in [7, 11) is -1.24. The van der Waals surface area contributed by atoms with Crippen LogP contribution in [0.3, 0.4) is 0 Å². The summed E-state index contributed by atoms with van der Waals surface area (Å²) < 4.78 is 35.0. The van der Waals surface area contributed by atoms with Gasteiger partial charge in [-0.3, -0.25) is 13.9 Å². The quantitative estimate of drug-likeness (QED) is 0.385. The molecule has 0 radical (unpaired) electrons. The lowest BCUT2D eigenvalue weighted by molar-refractivity contribution is -0.139. The third kappa shape index (κ3) is 6.69. The molecular formula is C27H30BrN3O5S. The number of hydrogen-bond donors (Lipinski definition) is 1. The Morgan fingerprint density at radius 3 is 2.32 bits per heavy atom. The van der Waals surface area contributed by atoms with Gasteiger partial charge >= 0.3 is 0 Å². The molecule has 10 heteroatoms. The molecule has 0 saturated heterocycles. The largest absolute Gasteiger partial charge is 0.495 e. The van der Waals surface area contributed by atoms with Crippen LogP contribution in [0.2, 0.25) is 0 Å². The zero-order valence-electron chi connectivity index (χ0n) is 21.1. The molecule has 2 amide bonds. The summed E-state index contributed by atoms with van der Waals surface area (Å²) in [5.74, 6) is -0.616.